The Kier molecular flexibility index (Phi) is 6.70. The van der Waals surface area contributed by atoms with Gasteiger partial charge < -0.3 is 15.5 Å². The van der Waals surface area contributed by atoms with Crippen molar-refractivity contribution in [3.63, 3.8) is 0 Å². The standard InChI is InChI=1S/C17H27N3O/c1-18-10-7-17(21)19-13-16-9-12-20(14-16)11-8-15-5-3-2-4-6-15/h2-6,16,18H,7-14H2,1H3,(H,19,21). The fraction of sp³-hybridized carbons (Fsp3) is 0.588. The first-order chi connectivity index (χ1) is 10.3. The Balaban J connectivity index is 1.61. The Morgan fingerprint density at radius 2 is 2.14 bits per heavy atom. The van der Waals surface area contributed by atoms with Gasteiger partial charge in [-0.05, 0) is 37.9 Å². The summed E-state index contributed by atoms with van der Waals surface area (Å²) in [5.74, 6) is 0.770. The summed E-state index contributed by atoms with van der Waals surface area (Å²) in [5, 5.41) is 6.04. The van der Waals surface area contributed by atoms with E-state index in [9.17, 15) is 4.79 Å². The van der Waals surface area contributed by atoms with Gasteiger partial charge >= 0.3 is 0 Å². The van der Waals surface area contributed by atoms with Crippen LogP contribution in [0.2, 0.25) is 0 Å². The Bertz CT molecular complexity index is 421. The Labute approximate surface area is 127 Å². The lowest BCUT2D eigenvalue weighted by Crippen LogP contribution is -2.32. The third-order valence-corrected chi connectivity index (χ3v) is 4.12. The minimum Gasteiger partial charge on any atom is -0.356 e. The Hall–Kier alpha value is -1.39. The number of rotatable bonds is 8. The molecular weight excluding hydrogens is 262 g/mol. The second-order valence-corrected chi connectivity index (χ2v) is 5.85. The minimum atomic E-state index is 0.159. The molecule has 2 N–H and O–H groups in total. The van der Waals surface area contributed by atoms with Crippen molar-refractivity contribution in [3.8, 4) is 0 Å². The van der Waals surface area contributed by atoms with E-state index in [2.05, 4.69) is 45.9 Å². The number of amides is 1. The van der Waals surface area contributed by atoms with Crippen LogP contribution in [0, 0.1) is 5.92 Å². The van der Waals surface area contributed by atoms with Crippen molar-refractivity contribution < 1.29 is 4.79 Å². The zero-order valence-corrected chi connectivity index (χ0v) is 13.0. The fourth-order valence-corrected chi connectivity index (χ4v) is 2.80. The molecule has 1 amide bonds. The zero-order valence-electron chi connectivity index (χ0n) is 13.0. The normalized spacial score (nSPS) is 18.8. The van der Waals surface area contributed by atoms with Gasteiger partial charge in [0.1, 0.15) is 0 Å². The molecule has 0 radical (unpaired) electrons. The van der Waals surface area contributed by atoms with Crippen molar-refractivity contribution in [1.82, 2.24) is 15.5 Å². The summed E-state index contributed by atoms with van der Waals surface area (Å²) >= 11 is 0. The van der Waals surface area contributed by atoms with Crippen molar-refractivity contribution in [2.75, 3.05) is 39.8 Å². The number of nitrogens with one attached hydrogen (secondary N) is 2. The molecule has 1 aromatic carbocycles. The highest BCUT2D eigenvalue weighted by Gasteiger charge is 2.22. The van der Waals surface area contributed by atoms with E-state index < -0.39 is 0 Å². The highest BCUT2D eigenvalue weighted by Crippen LogP contribution is 2.16. The molecule has 116 valence electrons. The fourth-order valence-electron chi connectivity index (χ4n) is 2.80. The van der Waals surface area contributed by atoms with Crippen LogP contribution in [0.3, 0.4) is 0 Å². The van der Waals surface area contributed by atoms with Crippen LogP contribution in [-0.4, -0.2) is 50.6 Å². The molecule has 0 bridgehead atoms. The van der Waals surface area contributed by atoms with Crippen molar-refractivity contribution in [2.45, 2.75) is 19.3 Å². The van der Waals surface area contributed by atoms with Crippen molar-refractivity contribution in [3.05, 3.63) is 35.9 Å². The summed E-state index contributed by atoms with van der Waals surface area (Å²) < 4.78 is 0. The molecule has 0 aromatic heterocycles. The molecular formula is C17H27N3O. The van der Waals surface area contributed by atoms with Crippen LogP contribution in [0.4, 0.5) is 0 Å². The van der Waals surface area contributed by atoms with Gasteiger partial charge in [-0.2, -0.15) is 0 Å². The van der Waals surface area contributed by atoms with Crippen LogP contribution in [-0.2, 0) is 11.2 Å². The number of benzene rings is 1. The third-order valence-electron chi connectivity index (χ3n) is 4.12. The quantitative estimate of drug-likeness (QED) is 0.758. The smallest absolute Gasteiger partial charge is 0.221 e. The number of nitrogens with zero attached hydrogens (tertiary/aromatic N) is 1. The molecule has 21 heavy (non-hydrogen) atoms. The van der Waals surface area contributed by atoms with Gasteiger partial charge in [-0.15, -0.1) is 0 Å². The first-order valence-corrected chi connectivity index (χ1v) is 7.95. The Morgan fingerprint density at radius 3 is 2.90 bits per heavy atom. The third kappa shape index (κ3) is 5.86. The van der Waals surface area contributed by atoms with E-state index in [0.29, 0.717) is 12.3 Å². The zero-order chi connectivity index (χ0) is 14.9. The van der Waals surface area contributed by atoms with Crippen LogP contribution in [0.5, 0.6) is 0 Å². The summed E-state index contributed by atoms with van der Waals surface area (Å²) in [5.41, 5.74) is 1.40. The maximum absolute atomic E-state index is 11.6. The van der Waals surface area contributed by atoms with Gasteiger partial charge in [-0.25, -0.2) is 0 Å². The number of hydrogen-bond donors (Lipinski definition) is 2. The van der Waals surface area contributed by atoms with Crippen molar-refractivity contribution >= 4 is 5.91 Å². The predicted octanol–water partition coefficient (Wildman–Crippen LogP) is 1.28. The van der Waals surface area contributed by atoms with Crippen LogP contribution >= 0.6 is 0 Å². The second-order valence-electron chi connectivity index (χ2n) is 5.85. The molecule has 1 heterocycles. The molecule has 1 atom stereocenters. The van der Waals surface area contributed by atoms with Crippen molar-refractivity contribution in [1.29, 1.82) is 0 Å². The summed E-state index contributed by atoms with van der Waals surface area (Å²) in [6.45, 7) is 4.96. The van der Waals surface area contributed by atoms with Gasteiger partial charge in [-0.1, -0.05) is 30.3 Å². The van der Waals surface area contributed by atoms with Crippen LogP contribution < -0.4 is 10.6 Å². The molecule has 1 saturated heterocycles. The van der Waals surface area contributed by atoms with Gasteiger partial charge in [-0.3, -0.25) is 4.79 Å². The van der Waals surface area contributed by atoms with E-state index in [4.69, 9.17) is 0 Å². The topological polar surface area (TPSA) is 44.4 Å². The van der Waals surface area contributed by atoms with Crippen molar-refractivity contribution in [2.24, 2.45) is 5.92 Å². The minimum absolute atomic E-state index is 0.159. The maximum atomic E-state index is 11.6. The monoisotopic (exact) mass is 289 g/mol. The Morgan fingerprint density at radius 1 is 1.33 bits per heavy atom. The molecule has 1 aromatic rings. The van der Waals surface area contributed by atoms with E-state index >= 15 is 0 Å². The van der Waals surface area contributed by atoms with Gasteiger partial charge in [0.25, 0.3) is 0 Å². The predicted molar refractivity (Wildman–Crippen MR) is 86.2 cm³/mol. The average molecular weight is 289 g/mol. The molecule has 1 fully saturated rings. The van der Waals surface area contributed by atoms with E-state index in [0.717, 1.165) is 39.1 Å². The average Bonchev–Trinajstić information content (AvgIpc) is 2.98. The van der Waals surface area contributed by atoms with Gasteiger partial charge in [0.2, 0.25) is 5.91 Å². The van der Waals surface area contributed by atoms with Crippen LogP contribution in [0.1, 0.15) is 18.4 Å². The van der Waals surface area contributed by atoms with Gasteiger partial charge in [0, 0.05) is 32.6 Å². The molecule has 2 rings (SSSR count). The number of likely N-dealkylation sites (tertiary alicyclic amines) is 1. The van der Waals surface area contributed by atoms with E-state index in [1.807, 2.05) is 7.05 Å². The lowest BCUT2D eigenvalue weighted by atomic mass is 10.1. The number of hydrogen-bond acceptors (Lipinski definition) is 3. The first-order valence-electron chi connectivity index (χ1n) is 7.95. The van der Waals surface area contributed by atoms with Gasteiger partial charge in [0.15, 0.2) is 0 Å². The highest BCUT2D eigenvalue weighted by molar-refractivity contribution is 5.76. The largest absolute Gasteiger partial charge is 0.356 e. The van der Waals surface area contributed by atoms with E-state index in [1.165, 1.54) is 12.0 Å². The molecule has 0 spiro atoms. The molecule has 4 nitrogen and oxygen atoms in total. The van der Waals surface area contributed by atoms with E-state index in [-0.39, 0.29) is 5.91 Å². The molecule has 0 aliphatic carbocycles. The summed E-state index contributed by atoms with van der Waals surface area (Å²) in [4.78, 5) is 14.1. The summed E-state index contributed by atoms with van der Waals surface area (Å²) in [6, 6.07) is 10.6. The summed E-state index contributed by atoms with van der Waals surface area (Å²) in [7, 11) is 1.87. The maximum Gasteiger partial charge on any atom is 0.221 e. The molecule has 1 aliphatic rings. The number of carbonyl (C=O) groups is 1. The highest BCUT2D eigenvalue weighted by atomic mass is 16.1. The molecule has 4 heteroatoms. The van der Waals surface area contributed by atoms with Crippen LogP contribution in [0.15, 0.2) is 30.3 Å². The second kappa shape index (κ2) is 8.80. The lowest BCUT2D eigenvalue weighted by molar-refractivity contribution is -0.121. The van der Waals surface area contributed by atoms with Gasteiger partial charge in [0.05, 0.1) is 0 Å². The van der Waals surface area contributed by atoms with E-state index in [1.54, 1.807) is 0 Å². The molecule has 1 aliphatic heterocycles. The van der Waals surface area contributed by atoms with Crippen LogP contribution in [0.25, 0.3) is 0 Å². The molecule has 0 saturated carbocycles. The lowest BCUT2D eigenvalue weighted by Gasteiger charge is -2.16. The SMILES string of the molecule is CNCCC(=O)NCC1CCN(CCc2ccccc2)C1. The summed E-state index contributed by atoms with van der Waals surface area (Å²) in [6.07, 6.45) is 2.88. The first kappa shape index (κ1) is 16.0. The molecule has 1 unspecified atom stereocenters. The number of carbonyl (C=O) groups excluding carboxylic acids is 1.